The Morgan fingerprint density at radius 2 is 1.94 bits per heavy atom. The molecule has 2 saturated carbocycles. The maximum atomic E-state index is 13.6. The van der Waals surface area contributed by atoms with Crippen molar-refractivity contribution in [2.75, 3.05) is 19.6 Å². The van der Waals surface area contributed by atoms with E-state index < -0.39 is 0 Å². The molecule has 3 nitrogen and oxygen atoms in total. The predicted molar refractivity (Wildman–Crippen MR) is 126 cm³/mol. The second kappa shape index (κ2) is 8.22. The minimum Gasteiger partial charge on any atom is -0.303 e. The van der Waals surface area contributed by atoms with Gasteiger partial charge in [-0.25, -0.2) is 4.39 Å². The van der Waals surface area contributed by atoms with Crippen LogP contribution in [0.4, 0.5) is 4.39 Å². The molecule has 0 amide bonds. The minimum atomic E-state index is -0.312. The lowest BCUT2D eigenvalue weighted by Gasteiger charge is -2.35. The molecular weight excluding hydrogens is 421 g/mol. The summed E-state index contributed by atoms with van der Waals surface area (Å²) in [5.74, 6) is 3.20. The summed E-state index contributed by atoms with van der Waals surface area (Å²) in [4.78, 5) is 2.75. The highest BCUT2D eigenvalue weighted by atomic mass is 35.5. The number of aromatic nitrogens is 2. The molecule has 3 fully saturated rings. The Balaban J connectivity index is 0.984. The molecule has 4 atom stereocenters. The van der Waals surface area contributed by atoms with Gasteiger partial charge in [-0.05, 0) is 117 Å². The number of piperidine rings is 1. The molecule has 1 aromatic carbocycles. The van der Waals surface area contributed by atoms with E-state index in [1.807, 2.05) is 12.1 Å². The maximum Gasteiger partial charge on any atom is 0.123 e. The number of hydrogen-bond acceptors (Lipinski definition) is 3. The van der Waals surface area contributed by atoms with Gasteiger partial charge < -0.3 is 4.90 Å². The standard InChI is InChI=1S/C27H31ClFN3/c28-25-7-4-22(29)15-24(25)26-8-6-23(30-31-26)5-3-21-16-27(21)9-11-32(12-10-27)17-20-14-18-1-2-19(20)13-18/h1-2,4,6-8,15,18-21H,3,5,9-14,16-17H2/t18?,19?,20?,21-/m1/s1. The first kappa shape index (κ1) is 20.8. The summed E-state index contributed by atoms with van der Waals surface area (Å²) in [5.41, 5.74) is 2.85. The quantitative estimate of drug-likeness (QED) is 0.491. The van der Waals surface area contributed by atoms with Crippen LogP contribution in [0.15, 0.2) is 42.5 Å². The van der Waals surface area contributed by atoms with Gasteiger partial charge in [-0.1, -0.05) is 23.8 Å². The molecule has 4 aliphatic rings. The number of halogens is 2. The van der Waals surface area contributed by atoms with Crippen molar-refractivity contribution in [1.82, 2.24) is 15.1 Å². The van der Waals surface area contributed by atoms with Gasteiger partial charge in [0.1, 0.15) is 5.82 Å². The first-order chi connectivity index (χ1) is 15.6. The molecule has 5 heteroatoms. The number of rotatable bonds is 6. The number of aryl methyl sites for hydroxylation is 1. The zero-order valence-corrected chi connectivity index (χ0v) is 19.3. The van der Waals surface area contributed by atoms with Crippen molar-refractivity contribution in [2.24, 2.45) is 29.1 Å². The van der Waals surface area contributed by atoms with Crippen LogP contribution in [0.25, 0.3) is 11.3 Å². The van der Waals surface area contributed by atoms with Crippen molar-refractivity contribution >= 4 is 11.6 Å². The highest BCUT2D eigenvalue weighted by molar-refractivity contribution is 6.33. The van der Waals surface area contributed by atoms with Gasteiger partial charge in [0, 0.05) is 12.1 Å². The van der Waals surface area contributed by atoms with E-state index >= 15 is 0 Å². The molecule has 2 bridgehead atoms. The molecule has 2 aromatic rings. The first-order valence-electron chi connectivity index (χ1n) is 12.3. The molecule has 0 radical (unpaired) electrons. The van der Waals surface area contributed by atoms with Crippen molar-refractivity contribution in [1.29, 1.82) is 0 Å². The van der Waals surface area contributed by atoms with E-state index in [0.717, 1.165) is 35.8 Å². The molecule has 1 aliphatic heterocycles. The molecule has 0 N–H and O–H groups in total. The molecule has 168 valence electrons. The normalized spacial score (nSPS) is 30.3. The van der Waals surface area contributed by atoms with Crippen LogP contribution in [0.5, 0.6) is 0 Å². The number of likely N-dealkylation sites (tertiary alicyclic amines) is 1. The summed E-state index contributed by atoms with van der Waals surface area (Å²) in [5, 5.41) is 9.21. The van der Waals surface area contributed by atoms with Gasteiger partial charge in [0.05, 0.1) is 16.4 Å². The van der Waals surface area contributed by atoms with Crippen molar-refractivity contribution in [3.63, 3.8) is 0 Å². The highest BCUT2D eigenvalue weighted by Gasteiger charge is 2.54. The minimum absolute atomic E-state index is 0.312. The third kappa shape index (κ3) is 4.01. The van der Waals surface area contributed by atoms with Gasteiger partial charge in [-0.2, -0.15) is 10.2 Å². The number of hydrogen-bond donors (Lipinski definition) is 0. The monoisotopic (exact) mass is 451 g/mol. The summed E-state index contributed by atoms with van der Waals surface area (Å²) in [6, 6.07) is 8.27. The van der Waals surface area contributed by atoms with Crippen LogP contribution in [0, 0.1) is 34.9 Å². The number of benzene rings is 1. The van der Waals surface area contributed by atoms with E-state index in [9.17, 15) is 4.39 Å². The SMILES string of the molecule is Fc1ccc(Cl)c(-c2ccc(CC[C@@H]3CC34CCN(CC3CC5C=CC3C5)CC4)nn2)c1. The summed E-state index contributed by atoms with van der Waals surface area (Å²) >= 11 is 6.20. The van der Waals surface area contributed by atoms with Gasteiger partial charge in [0.15, 0.2) is 0 Å². The molecule has 2 heterocycles. The van der Waals surface area contributed by atoms with Crippen molar-refractivity contribution in [3.8, 4) is 11.3 Å². The van der Waals surface area contributed by atoms with Crippen LogP contribution in [0.1, 0.15) is 44.2 Å². The van der Waals surface area contributed by atoms with Crippen LogP contribution in [0.2, 0.25) is 5.02 Å². The predicted octanol–water partition coefficient (Wildman–Crippen LogP) is 6.18. The van der Waals surface area contributed by atoms with E-state index in [0.29, 0.717) is 21.7 Å². The van der Waals surface area contributed by atoms with Crippen LogP contribution in [-0.4, -0.2) is 34.7 Å². The molecule has 1 spiro atoms. The third-order valence-electron chi connectivity index (χ3n) is 8.79. The van der Waals surface area contributed by atoms with Crippen molar-refractivity contribution in [2.45, 2.75) is 44.9 Å². The summed E-state index contributed by atoms with van der Waals surface area (Å²) in [6.07, 6.45) is 14.1. The Hall–Kier alpha value is -1.78. The van der Waals surface area contributed by atoms with E-state index in [-0.39, 0.29) is 5.82 Å². The van der Waals surface area contributed by atoms with Crippen LogP contribution >= 0.6 is 11.6 Å². The van der Waals surface area contributed by atoms with Crippen LogP contribution in [-0.2, 0) is 6.42 Å². The molecule has 3 unspecified atom stereocenters. The average Bonchev–Trinajstić information content (AvgIpc) is 3.10. The fourth-order valence-corrected chi connectivity index (χ4v) is 6.94. The Bertz CT molecular complexity index is 1010. The molecular formula is C27H31ClFN3. The average molecular weight is 452 g/mol. The lowest BCUT2D eigenvalue weighted by Crippen LogP contribution is -2.39. The number of nitrogens with zero attached hydrogens (tertiary/aromatic N) is 3. The van der Waals surface area contributed by atoms with E-state index in [1.165, 1.54) is 70.3 Å². The van der Waals surface area contributed by atoms with E-state index in [4.69, 9.17) is 11.6 Å². The summed E-state index contributed by atoms with van der Waals surface area (Å²) < 4.78 is 13.6. The van der Waals surface area contributed by atoms with Gasteiger partial charge in [0.2, 0.25) is 0 Å². The highest BCUT2D eigenvalue weighted by Crippen LogP contribution is 2.61. The number of fused-ring (bicyclic) bond motifs is 2. The molecule has 3 aliphatic carbocycles. The molecule has 6 rings (SSSR count). The third-order valence-corrected chi connectivity index (χ3v) is 9.12. The van der Waals surface area contributed by atoms with Crippen molar-refractivity contribution in [3.05, 3.63) is 59.0 Å². The fraction of sp³-hybridized carbons (Fsp3) is 0.556. The van der Waals surface area contributed by atoms with Crippen molar-refractivity contribution < 1.29 is 4.39 Å². The molecule has 32 heavy (non-hydrogen) atoms. The second-order valence-corrected chi connectivity index (χ2v) is 11.1. The Labute approximate surface area is 195 Å². The fourth-order valence-electron chi connectivity index (χ4n) is 6.72. The first-order valence-corrected chi connectivity index (χ1v) is 12.6. The second-order valence-electron chi connectivity index (χ2n) is 10.7. The topological polar surface area (TPSA) is 29.0 Å². The lowest BCUT2D eigenvalue weighted by molar-refractivity contribution is 0.135. The zero-order chi connectivity index (χ0) is 21.7. The summed E-state index contributed by atoms with van der Waals surface area (Å²) in [6.45, 7) is 3.90. The zero-order valence-electron chi connectivity index (χ0n) is 18.5. The lowest BCUT2D eigenvalue weighted by atomic mass is 9.87. The largest absolute Gasteiger partial charge is 0.303 e. The molecule has 1 aromatic heterocycles. The Morgan fingerprint density at radius 1 is 1.06 bits per heavy atom. The Kier molecular flexibility index (Phi) is 5.34. The van der Waals surface area contributed by atoms with Gasteiger partial charge >= 0.3 is 0 Å². The Morgan fingerprint density at radius 3 is 2.66 bits per heavy atom. The smallest absolute Gasteiger partial charge is 0.123 e. The van der Waals surface area contributed by atoms with Gasteiger partial charge in [-0.3, -0.25) is 0 Å². The maximum absolute atomic E-state index is 13.6. The van der Waals surface area contributed by atoms with Gasteiger partial charge in [0.25, 0.3) is 0 Å². The van der Waals surface area contributed by atoms with E-state index in [2.05, 4.69) is 27.2 Å². The summed E-state index contributed by atoms with van der Waals surface area (Å²) in [7, 11) is 0. The van der Waals surface area contributed by atoms with Crippen LogP contribution < -0.4 is 0 Å². The van der Waals surface area contributed by atoms with Gasteiger partial charge in [-0.15, -0.1) is 0 Å². The van der Waals surface area contributed by atoms with Crippen LogP contribution in [0.3, 0.4) is 0 Å². The van der Waals surface area contributed by atoms with E-state index in [1.54, 1.807) is 6.07 Å². The molecule has 1 saturated heterocycles. The number of allylic oxidation sites excluding steroid dienone is 2.